The molecule has 0 saturated heterocycles. The number of amides is 3. The minimum Gasteiger partial charge on any atom is -0.456 e. The zero-order chi connectivity index (χ0) is 21.4. The van der Waals surface area contributed by atoms with Crippen LogP contribution in [0, 0.1) is 13.8 Å². The van der Waals surface area contributed by atoms with Gasteiger partial charge in [-0.05, 0) is 43.2 Å². The number of carbonyl (C=O) groups is 3. The van der Waals surface area contributed by atoms with E-state index in [1.165, 1.54) is 4.90 Å². The van der Waals surface area contributed by atoms with Crippen molar-refractivity contribution in [3.05, 3.63) is 75.4 Å². The summed E-state index contributed by atoms with van der Waals surface area (Å²) >= 11 is 6.07. The Labute approximate surface area is 178 Å². The maximum absolute atomic E-state index is 12.8. The number of ether oxygens (including phenoxy) is 1. The SMILES string of the molecule is Cc1ccc(NC(=O)CN2C(=O)N[C@@H](c3cccc(Cl)c3)C3=C2COC3=O)c(C)c1. The highest BCUT2D eigenvalue weighted by atomic mass is 35.5. The van der Waals surface area contributed by atoms with Crippen molar-refractivity contribution in [1.29, 1.82) is 0 Å². The van der Waals surface area contributed by atoms with E-state index in [1.807, 2.05) is 32.0 Å². The van der Waals surface area contributed by atoms with Gasteiger partial charge in [-0.25, -0.2) is 9.59 Å². The summed E-state index contributed by atoms with van der Waals surface area (Å²) in [6, 6.07) is 11.4. The number of urea groups is 1. The van der Waals surface area contributed by atoms with Crippen molar-refractivity contribution in [3.63, 3.8) is 0 Å². The van der Waals surface area contributed by atoms with E-state index in [9.17, 15) is 14.4 Å². The van der Waals surface area contributed by atoms with Crippen molar-refractivity contribution in [3.8, 4) is 0 Å². The molecule has 2 aromatic rings. The average Bonchev–Trinajstić information content (AvgIpc) is 3.08. The summed E-state index contributed by atoms with van der Waals surface area (Å²) in [5.41, 5.74) is 4.06. The Morgan fingerprint density at radius 1 is 1.23 bits per heavy atom. The van der Waals surface area contributed by atoms with E-state index in [0.717, 1.165) is 11.1 Å². The Balaban J connectivity index is 1.60. The van der Waals surface area contributed by atoms with Crippen LogP contribution < -0.4 is 10.6 Å². The molecule has 8 heteroatoms. The van der Waals surface area contributed by atoms with E-state index in [0.29, 0.717) is 27.5 Å². The second kappa shape index (κ2) is 7.84. The second-order valence-corrected chi connectivity index (χ2v) is 7.76. The van der Waals surface area contributed by atoms with Crippen molar-refractivity contribution in [2.45, 2.75) is 19.9 Å². The topological polar surface area (TPSA) is 87.7 Å². The fraction of sp³-hybridized carbons (Fsp3) is 0.227. The molecule has 0 unspecified atom stereocenters. The van der Waals surface area contributed by atoms with Crippen molar-refractivity contribution < 1.29 is 19.1 Å². The Hall–Kier alpha value is -3.32. The fourth-order valence-corrected chi connectivity index (χ4v) is 3.90. The maximum Gasteiger partial charge on any atom is 0.338 e. The van der Waals surface area contributed by atoms with Gasteiger partial charge in [0, 0.05) is 10.7 Å². The zero-order valence-corrected chi connectivity index (χ0v) is 17.2. The lowest BCUT2D eigenvalue weighted by Gasteiger charge is -2.32. The van der Waals surface area contributed by atoms with Gasteiger partial charge in [-0.1, -0.05) is 41.4 Å². The average molecular weight is 426 g/mol. The molecule has 2 aliphatic rings. The van der Waals surface area contributed by atoms with Gasteiger partial charge in [-0.3, -0.25) is 9.69 Å². The molecule has 4 rings (SSSR count). The first-order valence-electron chi connectivity index (χ1n) is 9.44. The second-order valence-electron chi connectivity index (χ2n) is 7.33. The third-order valence-electron chi connectivity index (χ3n) is 5.14. The lowest BCUT2D eigenvalue weighted by molar-refractivity contribution is -0.136. The molecular formula is C22H20ClN3O4. The van der Waals surface area contributed by atoms with Crippen molar-refractivity contribution in [1.82, 2.24) is 10.2 Å². The number of cyclic esters (lactones) is 1. The summed E-state index contributed by atoms with van der Waals surface area (Å²) in [7, 11) is 0. The van der Waals surface area contributed by atoms with E-state index in [-0.39, 0.29) is 19.1 Å². The van der Waals surface area contributed by atoms with Crippen LogP contribution in [-0.2, 0) is 14.3 Å². The van der Waals surface area contributed by atoms with Crippen molar-refractivity contribution >= 4 is 35.2 Å². The van der Waals surface area contributed by atoms with E-state index in [1.54, 1.807) is 24.3 Å². The number of anilines is 1. The number of nitrogens with zero attached hydrogens (tertiary/aromatic N) is 1. The molecule has 0 fully saturated rings. The quantitative estimate of drug-likeness (QED) is 0.734. The Bertz CT molecular complexity index is 1100. The molecule has 7 nitrogen and oxygen atoms in total. The Morgan fingerprint density at radius 3 is 2.77 bits per heavy atom. The van der Waals surface area contributed by atoms with E-state index in [4.69, 9.17) is 16.3 Å². The summed E-state index contributed by atoms with van der Waals surface area (Å²) in [6.45, 7) is 3.57. The van der Waals surface area contributed by atoms with Crippen molar-refractivity contribution in [2.75, 3.05) is 18.5 Å². The summed E-state index contributed by atoms with van der Waals surface area (Å²) in [6.07, 6.45) is 0. The number of hydrogen-bond donors (Lipinski definition) is 2. The zero-order valence-electron chi connectivity index (χ0n) is 16.5. The highest BCUT2D eigenvalue weighted by Gasteiger charge is 2.42. The Morgan fingerprint density at radius 2 is 2.03 bits per heavy atom. The van der Waals surface area contributed by atoms with Gasteiger partial charge in [-0.15, -0.1) is 0 Å². The van der Waals surface area contributed by atoms with Gasteiger partial charge < -0.3 is 15.4 Å². The molecule has 0 radical (unpaired) electrons. The van der Waals surface area contributed by atoms with Gasteiger partial charge in [0.2, 0.25) is 5.91 Å². The van der Waals surface area contributed by atoms with Gasteiger partial charge in [0.15, 0.2) is 0 Å². The molecule has 30 heavy (non-hydrogen) atoms. The normalized spacial score (nSPS) is 18.1. The van der Waals surface area contributed by atoms with E-state index in [2.05, 4.69) is 10.6 Å². The molecule has 2 aromatic carbocycles. The number of nitrogens with one attached hydrogen (secondary N) is 2. The summed E-state index contributed by atoms with van der Waals surface area (Å²) in [5, 5.41) is 6.10. The molecule has 2 N–H and O–H groups in total. The van der Waals surface area contributed by atoms with Crippen LogP contribution in [0.3, 0.4) is 0 Å². The minimum absolute atomic E-state index is 0.0600. The lowest BCUT2D eigenvalue weighted by atomic mass is 9.96. The fourth-order valence-electron chi connectivity index (χ4n) is 3.70. The highest BCUT2D eigenvalue weighted by Crippen LogP contribution is 2.35. The molecule has 1 atom stereocenters. The molecule has 2 heterocycles. The van der Waals surface area contributed by atoms with Crippen LogP contribution in [0.1, 0.15) is 22.7 Å². The number of hydrogen-bond acceptors (Lipinski definition) is 4. The van der Waals surface area contributed by atoms with Crippen LogP contribution in [0.4, 0.5) is 10.5 Å². The van der Waals surface area contributed by atoms with Gasteiger partial charge in [-0.2, -0.15) is 0 Å². The Kier molecular flexibility index (Phi) is 5.22. The maximum atomic E-state index is 12.8. The first-order valence-corrected chi connectivity index (χ1v) is 9.82. The molecule has 0 saturated carbocycles. The van der Waals surface area contributed by atoms with Crippen LogP contribution in [0.15, 0.2) is 53.7 Å². The number of rotatable bonds is 4. The number of carbonyl (C=O) groups excluding carboxylic acids is 3. The molecule has 0 spiro atoms. The van der Waals surface area contributed by atoms with Crippen molar-refractivity contribution in [2.24, 2.45) is 0 Å². The summed E-state index contributed by atoms with van der Waals surface area (Å²) in [5.74, 6) is -0.890. The van der Waals surface area contributed by atoms with Crippen LogP contribution in [0.25, 0.3) is 0 Å². The molecule has 0 aliphatic carbocycles. The minimum atomic E-state index is -0.681. The van der Waals surface area contributed by atoms with Crippen LogP contribution in [0.5, 0.6) is 0 Å². The molecule has 3 amide bonds. The first-order chi connectivity index (χ1) is 14.3. The van der Waals surface area contributed by atoms with E-state index < -0.39 is 18.0 Å². The number of benzene rings is 2. The third kappa shape index (κ3) is 3.76. The molecule has 0 aromatic heterocycles. The van der Waals surface area contributed by atoms with Gasteiger partial charge in [0.25, 0.3) is 0 Å². The lowest BCUT2D eigenvalue weighted by Crippen LogP contribution is -2.49. The van der Waals surface area contributed by atoms with Gasteiger partial charge in [0.1, 0.15) is 13.2 Å². The molecule has 154 valence electrons. The summed E-state index contributed by atoms with van der Waals surface area (Å²) in [4.78, 5) is 39.1. The van der Waals surface area contributed by atoms with Crippen LogP contribution in [0.2, 0.25) is 5.02 Å². The van der Waals surface area contributed by atoms with Crippen LogP contribution in [-0.4, -0.2) is 36.0 Å². The van der Waals surface area contributed by atoms with Gasteiger partial charge >= 0.3 is 12.0 Å². The molecule has 0 bridgehead atoms. The smallest absolute Gasteiger partial charge is 0.338 e. The number of esters is 1. The highest BCUT2D eigenvalue weighted by molar-refractivity contribution is 6.30. The molecule has 2 aliphatic heterocycles. The van der Waals surface area contributed by atoms with Crippen LogP contribution >= 0.6 is 11.6 Å². The molecular weight excluding hydrogens is 406 g/mol. The largest absolute Gasteiger partial charge is 0.456 e. The number of aryl methyl sites for hydroxylation is 2. The first kappa shape index (κ1) is 20.0. The predicted molar refractivity (Wildman–Crippen MR) is 112 cm³/mol. The monoisotopic (exact) mass is 425 g/mol. The van der Waals surface area contributed by atoms with E-state index >= 15 is 0 Å². The predicted octanol–water partition coefficient (Wildman–Crippen LogP) is 3.47. The third-order valence-corrected chi connectivity index (χ3v) is 5.37. The number of halogens is 1. The standard InChI is InChI=1S/C22H20ClN3O4/c1-12-6-7-16(13(2)8-12)24-18(27)10-26-17-11-30-21(28)19(17)20(25-22(26)29)14-4-3-5-15(23)9-14/h3-9,20H,10-11H2,1-2H3,(H,24,27)(H,25,29)/t20-/m0/s1. The van der Waals surface area contributed by atoms with Gasteiger partial charge in [0.05, 0.1) is 17.3 Å². The summed E-state index contributed by atoms with van der Waals surface area (Å²) < 4.78 is 5.18.